The average molecular weight is 224 g/mol. The van der Waals surface area contributed by atoms with Crippen LogP contribution in [0.1, 0.15) is 39.4 Å². The Morgan fingerprint density at radius 2 is 1.62 bits per heavy atom. The summed E-state index contributed by atoms with van der Waals surface area (Å²) in [4.78, 5) is 10.9. The van der Waals surface area contributed by atoms with Crippen LogP contribution in [0.15, 0.2) is 30.3 Å². The van der Waals surface area contributed by atoms with Crippen LogP contribution in [0.5, 0.6) is 0 Å². The summed E-state index contributed by atoms with van der Waals surface area (Å²) in [6, 6.07) is 8.81. The molecule has 2 N–H and O–H groups in total. The number of aliphatic hydroxyl groups is 1. The number of rotatable bonds is 3. The van der Waals surface area contributed by atoms with Gasteiger partial charge in [-0.15, -0.1) is 0 Å². The first-order valence-electron chi connectivity index (χ1n) is 5.42. The predicted octanol–water partition coefficient (Wildman–Crippen LogP) is 2.86. The Kier molecular flexibility index (Phi) is 5.75. The third-order valence-electron chi connectivity index (χ3n) is 2.35. The van der Waals surface area contributed by atoms with Crippen molar-refractivity contribution in [3.05, 3.63) is 35.9 Å². The number of aliphatic carboxylic acids is 1. The van der Waals surface area contributed by atoms with Crippen LogP contribution >= 0.6 is 0 Å². The molecule has 3 nitrogen and oxygen atoms in total. The number of carboxylic acids is 1. The standard InChI is InChI=1S/C11H14O3.C2H6/c1-11(2,10(13)14)9(12)8-6-4-3-5-7-8;1-2/h3-7,9,12H,1-2H3,(H,13,14);1-2H3. The van der Waals surface area contributed by atoms with E-state index in [-0.39, 0.29) is 0 Å². The first kappa shape index (κ1) is 14.6. The summed E-state index contributed by atoms with van der Waals surface area (Å²) in [7, 11) is 0. The van der Waals surface area contributed by atoms with E-state index in [9.17, 15) is 9.90 Å². The smallest absolute Gasteiger partial charge is 0.312 e. The molecule has 0 aliphatic rings. The summed E-state index contributed by atoms with van der Waals surface area (Å²) in [6.45, 7) is 7.01. The molecule has 1 rings (SSSR count). The minimum absolute atomic E-state index is 0.625. The Morgan fingerprint density at radius 1 is 1.19 bits per heavy atom. The molecule has 0 aromatic heterocycles. The number of hydrogen-bond acceptors (Lipinski definition) is 2. The maximum atomic E-state index is 10.9. The maximum Gasteiger partial charge on any atom is 0.312 e. The molecule has 0 saturated heterocycles. The van der Waals surface area contributed by atoms with Crippen molar-refractivity contribution in [3.63, 3.8) is 0 Å². The second kappa shape index (κ2) is 6.28. The van der Waals surface area contributed by atoms with Gasteiger partial charge in [0.1, 0.15) is 0 Å². The molecular weight excluding hydrogens is 204 g/mol. The third-order valence-corrected chi connectivity index (χ3v) is 2.35. The lowest BCUT2D eigenvalue weighted by Crippen LogP contribution is -2.31. The molecule has 90 valence electrons. The minimum Gasteiger partial charge on any atom is -0.481 e. The van der Waals surface area contributed by atoms with E-state index in [1.165, 1.54) is 13.8 Å². The van der Waals surface area contributed by atoms with Crippen molar-refractivity contribution in [1.29, 1.82) is 0 Å². The van der Waals surface area contributed by atoms with E-state index in [1.807, 2.05) is 19.9 Å². The zero-order valence-corrected chi connectivity index (χ0v) is 10.3. The van der Waals surface area contributed by atoms with Gasteiger partial charge in [-0.1, -0.05) is 44.2 Å². The van der Waals surface area contributed by atoms with Gasteiger partial charge in [0.2, 0.25) is 0 Å². The van der Waals surface area contributed by atoms with Crippen molar-refractivity contribution in [2.75, 3.05) is 0 Å². The Morgan fingerprint density at radius 3 is 2.00 bits per heavy atom. The van der Waals surface area contributed by atoms with E-state index < -0.39 is 17.5 Å². The predicted molar refractivity (Wildman–Crippen MR) is 64.2 cm³/mol. The van der Waals surface area contributed by atoms with Crippen molar-refractivity contribution in [1.82, 2.24) is 0 Å². The highest BCUT2D eigenvalue weighted by Gasteiger charge is 2.36. The normalized spacial score (nSPS) is 12.3. The molecule has 1 unspecified atom stereocenters. The molecule has 0 saturated carbocycles. The van der Waals surface area contributed by atoms with Crippen LogP contribution in [-0.4, -0.2) is 16.2 Å². The molecule has 3 heteroatoms. The molecule has 16 heavy (non-hydrogen) atoms. The van der Waals surface area contributed by atoms with Crippen LogP contribution in [-0.2, 0) is 4.79 Å². The second-order valence-corrected chi connectivity index (χ2v) is 3.84. The largest absolute Gasteiger partial charge is 0.481 e. The van der Waals surface area contributed by atoms with Crippen LogP contribution in [0.25, 0.3) is 0 Å². The van der Waals surface area contributed by atoms with Gasteiger partial charge in [-0.25, -0.2) is 0 Å². The van der Waals surface area contributed by atoms with E-state index in [1.54, 1.807) is 24.3 Å². The molecule has 0 radical (unpaired) electrons. The quantitative estimate of drug-likeness (QED) is 0.830. The van der Waals surface area contributed by atoms with E-state index >= 15 is 0 Å². The number of aliphatic hydroxyl groups excluding tert-OH is 1. The van der Waals surface area contributed by atoms with Gasteiger partial charge in [-0.2, -0.15) is 0 Å². The molecule has 0 heterocycles. The van der Waals surface area contributed by atoms with E-state index in [2.05, 4.69) is 0 Å². The lowest BCUT2D eigenvalue weighted by Gasteiger charge is -2.26. The molecule has 1 aromatic carbocycles. The van der Waals surface area contributed by atoms with Gasteiger partial charge >= 0.3 is 5.97 Å². The van der Waals surface area contributed by atoms with Crippen molar-refractivity contribution >= 4 is 5.97 Å². The van der Waals surface area contributed by atoms with Crippen LogP contribution in [0.2, 0.25) is 0 Å². The Balaban J connectivity index is 0.00000106. The number of benzene rings is 1. The minimum atomic E-state index is -1.17. The molecule has 1 atom stereocenters. The summed E-state index contributed by atoms with van der Waals surface area (Å²) >= 11 is 0. The maximum absolute atomic E-state index is 10.9. The Bertz CT molecular complexity index is 317. The summed E-state index contributed by atoms with van der Waals surface area (Å²) in [5, 5.41) is 18.8. The fourth-order valence-corrected chi connectivity index (χ4v) is 1.17. The van der Waals surface area contributed by atoms with Gasteiger partial charge < -0.3 is 10.2 Å². The first-order chi connectivity index (χ1) is 7.46. The summed E-state index contributed by atoms with van der Waals surface area (Å²) in [5.74, 6) is -1.01. The second-order valence-electron chi connectivity index (χ2n) is 3.84. The van der Waals surface area contributed by atoms with Crippen LogP contribution in [0.4, 0.5) is 0 Å². The van der Waals surface area contributed by atoms with Gasteiger partial charge in [-0.3, -0.25) is 4.79 Å². The van der Waals surface area contributed by atoms with Crippen LogP contribution in [0.3, 0.4) is 0 Å². The number of hydrogen-bond donors (Lipinski definition) is 2. The Labute approximate surface area is 96.7 Å². The summed E-state index contributed by atoms with van der Waals surface area (Å²) < 4.78 is 0. The SMILES string of the molecule is CC.CC(C)(C(=O)O)C(O)c1ccccc1. The molecule has 1 aromatic rings. The van der Waals surface area contributed by atoms with Crippen LogP contribution < -0.4 is 0 Å². The van der Waals surface area contributed by atoms with Crippen molar-refractivity contribution in [2.24, 2.45) is 5.41 Å². The van der Waals surface area contributed by atoms with Gasteiger partial charge in [0.05, 0.1) is 11.5 Å². The molecular formula is C13H20O3. The van der Waals surface area contributed by atoms with Gasteiger partial charge in [0.25, 0.3) is 0 Å². The summed E-state index contributed by atoms with van der Waals surface area (Å²) in [6.07, 6.45) is -0.985. The molecule has 0 spiro atoms. The van der Waals surface area contributed by atoms with Crippen LogP contribution in [0, 0.1) is 5.41 Å². The third kappa shape index (κ3) is 3.35. The lowest BCUT2D eigenvalue weighted by molar-refractivity contribution is -0.153. The fourth-order valence-electron chi connectivity index (χ4n) is 1.17. The topological polar surface area (TPSA) is 57.5 Å². The zero-order valence-electron chi connectivity index (χ0n) is 10.3. The Hall–Kier alpha value is -1.35. The highest BCUT2D eigenvalue weighted by atomic mass is 16.4. The molecule has 0 bridgehead atoms. The van der Waals surface area contributed by atoms with Gasteiger partial charge in [0, 0.05) is 0 Å². The van der Waals surface area contributed by atoms with Crippen molar-refractivity contribution < 1.29 is 15.0 Å². The zero-order chi connectivity index (χ0) is 12.8. The fraction of sp³-hybridized carbons (Fsp3) is 0.462. The summed E-state index contributed by atoms with van der Waals surface area (Å²) in [5.41, 5.74) is -0.540. The lowest BCUT2D eigenvalue weighted by atomic mass is 9.83. The number of carboxylic acid groups (broad SMARTS) is 1. The van der Waals surface area contributed by atoms with Gasteiger partial charge in [-0.05, 0) is 19.4 Å². The molecule has 0 aliphatic heterocycles. The van der Waals surface area contributed by atoms with Crippen molar-refractivity contribution in [3.8, 4) is 0 Å². The van der Waals surface area contributed by atoms with E-state index in [0.29, 0.717) is 5.56 Å². The van der Waals surface area contributed by atoms with E-state index in [0.717, 1.165) is 0 Å². The monoisotopic (exact) mass is 224 g/mol. The van der Waals surface area contributed by atoms with E-state index in [4.69, 9.17) is 5.11 Å². The highest BCUT2D eigenvalue weighted by molar-refractivity contribution is 5.74. The van der Waals surface area contributed by atoms with Gasteiger partial charge in [0.15, 0.2) is 0 Å². The first-order valence-corrected chi connectivity index (χ1v) is 5.42. The molecule has 0 amide bonds. The average Bonchev–Trinajstić information content (AvgIpc) is 2.31. The number of carbonyl (C=O) groups is 1. The molecule has 0 fully saturated rings. The molecule has 0 aliphatic carbocycles. The van der Waals surface area contributed by atoms with Crippen molar-refractivity contribution in [2.45, 2.75) is 33.8 Å². The highest BCUT2D eigenvalue weighted by Crippen LogP contribution is 2.33.